The van der Waals surface area contributed by atoms with Gasteiger partial charge in [-0.15, -0.1) is 13.2 Å². The molecule has 4 aliphatic carbocycles. The van der Waals surface area contributed by atoms with Crippen molar-refractivity contribution in [2.75, 3.05) is 6.61 Å². The molecule has 166 valence electrons. The Morgan fingerprint density at radius 1 is 1.19 bits per heavy atom. The fourth-order valence-corrected chi connectivity index (χ4v) is 5.15. The van der Waals surface area contributed by atoms with Gasteiger partial charge >= 0.3 is 6.36 Å². The second-order valence-electron chi connectivity index (χ2n) is 8.88. The van der Waals surface area contributed by atoms with Crippen LogP contribution >= 0.6 is 11.6 Å². The zero-order valence-electron chi connectivity index (χ0n) is 16.5. The average molecular weight is 456 g/mol. The molecule has 0 unspecified atom stereocenters. The van der Waals surface area contributed by atoms with Gasteiger partial charge < -0.3 is 10.1 Å². The molecule has 0 spiro atoms. The maximum absolute atomic E-state index is 12.2. The highest BCUT2D eigenvalue weighted by Gasteiger charge is 2.69. The SMILES string of the molecule is O=C(CO[C@H]1C[C@@H](OC(F)(F)F)C1)NC12CC(c3cnn(-c4ccc(Cl)cc4)c3)(C1)C2. The van der Waals surface area contributed by atoms with Crippen LogP contribution < -0.4 is 5.32 Å². The van der Waals surface area contributed by atoms with Crippen molar-refractivity contribution < 1.29 is 27.4 Å². The highest BCUT2D eigenvalue weighted by molar-refractivity contribution is 6.30. The first kappa shape index (κ1) is 20.8. The average Bonchev–Trinajstić information content (AvgIpc) is 3.08. The number of ether oxygens (including phenoxy) is 2. The number of rotatable bonds is 7. The Kier molecular flexibility index (Phi) is 4.84. The van der Waals surface area contributed by atoms with Crippen LogP contribution in [0.25, 0.3) is 5.69 Å². The Bertz CT molecular complexity index is 966. The Labute approximate surface area is 181 Å². The third-order valence-electron chi connectivity index (χ3n) is 6.52. The van der Waals surface area contributed by atoms with Gasteiger partial charge in [-0.05, 0) is 49.1 Å². The lowest BCUT2D eigenvalue weighted by molar-refractivity contribution is -0.357. The van der Waals surface area contributed by atoms with Crippen LogP contribution in [0.1, 0.15) is 37.7 Å². The van der Waals surface area contributed by atoms with Gasteiger partial charge in [-0.1, -0.05) is 11.6 Å². The Hall–Kier alpha value is -2.10. The Balaban J connectivity index is 1.06. The molecule has 2 aromatic rings. The molecule has 0 saturated heterocycles. The largest absolute Gasteiger partial charge is 0.522 e. The summed E-state index contributed by atoms with van der Waals surface area (Å²) in [5.41, 5.74) is 1.93. The van der Waals surface area contributed by atoms with Crippen LogP contribution in [-0.2, 0) is 19.7 Å². The second-order valence-corrected chi connectivity index (χ2v) is 9.32. The van der Waals surface area contributed by atoms with Crippen molar-refractivity contribution in [2.45, 2.75) is 61.6 Å². The number of hydrogen-bond donors (Lipinski definition) is 1. The van der Waals surface area contributed by atoms with E-state index in [1.807, 2.05) is 41.3 Å². The summed E-state index contributed by atoms with van der Waals surface area (Å²) in [7, 11) is 0. The molecular weight excluding hydrogens is 435 g/mol. The topological polar surface area (TPSA) is 65.4 Å². The van der Waals surface area contributed by atoms with Crippen LogP contribution in [0.5, 0.6) is 0 Å². The van der Waals surface area contributed by atoms with E-state index in [1.165, 1.54) is 0 Å². The number of nitrogens with one attached hydrogen (secondary N) is 1. The Morgan fingerprint density at radius 2 is 1.87 bits per heavy atom. The van der Waals surface area contributed by atoms with E-state index < -0.39 is 12.5 Å². The molecule has 4 aliphatic rings. The molecule has 2 bridgehead atoms. The molecule has 6 nitrogen and oxygen atoms in total. The number of amides is 1. The van der Waals surface area contributed by atoms with E-state index in [2.05, 4.69) is 15.2 Å². The number of alkyl halides is 3. The molecule has 6 rings (SSSR count). The van der Waals surface area contributed by atoms with Crippen LogP contribution in [0.4, 0.5) is 13.2 Å². The van der Waals surface area contributed by atoms with Gasteiger partial charge in [0.15, 0.2) is 0 Å². The molecule has 10 heteroatoms. The number of aromatic nitrogens is 2. The summed E-state index contributed by atoms with van der Waals surface area (Å²) < 4.78 is 47.5. The summed E-state index contributed by atoms with van der Waals surface area (Å²) >= 11 is 5.93. The number of nitrogens with zero attached hydrogens (tertiary/aromatic N) is 2. The van der Waals surface area contributed by atoms with Crippen molar-refractivity contribution in [1.82, 2.24) is 15.1 Å². The zero-order chi connectivity index (χ0) is 21.9. The summed E-state index contributed by atoms with van der Waals surface area (Å²) in [5, 5.41) is 8.16. The second kappa shape index (κ2) is 7.21. The van der Waals surface area contributed by atoms with Gasteiger partial charge in [0.05, 0.1) is 24.1 Å². The van der Waals surface area contributed by atoms with E-state index in [0.717, 1.165) is 30.5 Å². The van der Waals surface area contributed by atoms with Gasteiger partial charge in [0.2, 0.25) is 5.91 Å². The van der Waals surface area contributed by atoms with Gasteiger partial charge in [-0.25, -0.2) is 4.68 Å². The standard InChI is InChI=1S/C21H21ClF3N3O3/c22-14-1-3-15(4-2-14)28-8-13(7-26-28)19-10-20(11-19,12-19)27-18(29)9-30-16-5-17(6-16)31-21(23,24)25/h1-4,7-8,16-17H,5-6,9-12H2,(H,27,29)/t16-,17+,19?,20?. The highest BCUT2D eigenvalue weighted by Crippen LogP contribution is 2.67. The van der Waals surface area contributed by atoms with E-state index in [0.29, 0.717) is 5.02 Å². The maximum atomic E-state index is 12.2. The third-order valence-corrected chi connectivity index (χ3v) is 6.78. The monoisotopic (exact) mass is 455 g/mol. The maximum Gasteiger partial charge on any atom is 0.522 e. The third kappa shape index (κ3) is 4.06. The van der Waals surface area contributed by atoms with Gasteiger partial charge in [-0.2, -0.15) is 5.10 Å². The van der Waals surface area contributed by atoms with Crippen molar-refractivity contribution in [3.63, 3.8) is 0 Å². The molecule has 4 saturated carbocycles. The normalized spacial score (nSPS) is 31.4. The number of halogens is 4. The van der Waals surface area contributed by atoms with Crippen LogP contribution in [0, 0.1) is 0 Å². The molecule has 0 radical (unpaired) electrons. The zero-order valence-corrected chi connectivity index (χ0v) is 17.2. The van der Waals surface area contributed by atoms with E-state index >= 15 is 0 Å². The summed E-state index contributed by atoms with van der Waals surface area (Å²) in [4.78, 5) is 12.2. The Morgan fingerprint density at radius 3 is 2.52 bits per heavy atom. The van der Waals surface area contributed by atoms with Crippen LogP contribution in [-0.4, -0.2) is 46.4 Å². The molecule has 1 aromatic carbocycles. The number of hydrogen-bond acceptors (Lipinski definition) is 4. The van der Waals surface area contributed by atoms with E-state index in [-0.39, 0.29) is 42.4 Å². The summed E-state index contributed by atoms with van der Waals surface area (Å²) in [5.74, 6) is -0.231. The van der Waals surface area contributed by atoms with E-state index in [4.69, 9.17) is 16.3 Å². The molecule has 1 aromatic heterocycles. The highest BCUT2D eigenvalue weighted by atomic mass is 35.5. The summed E-state index contributed by atoms with van der Waals surface area (Å²) in [6.07, 6.45) is 0.881. The number of carbonyl (C=O) groups excluding carboxylic acids is 1. The van der Waals surface area contributed by atoms with Crippen LogP contribution in [0.3, 0.4) is 0 Å². The molecule has 1 heterocycles. The molecule has 0 aliphatic heterocycles. The fourth-order valence-electron chi connectivity index (χ4n) is 5.02. The smallest absolute Gasteiger partial charge is 0.368 e. The minimum Gasteiger partial charge on any atom is -0.368 e. The van der Waals surface area contributed by atoms with Crippen molar-refractivity contribution in [3.8, 4) is 5.69 Å². The van der Waals surface area contributed by atoms with Crippen LogP contribution in [0.2, 0.25) is 5.02 Å². The molecular formula is C21H21ClF3N3O3. The minimum absolute atomic E-state index is 0.0505. The van der Waals surface area contributed by atoms with Crippen molar-refractivity contribution >= 4 is 17.5 Å². The van der Waals surface area contributed by atoms with Crippen LogP contribution in [0.15, 0.2) is 36.7 Å². The van der Waals surface area contributed by atoms with Gasteiger partial charge in [0, 0.05) is 35.0 Å². The number of benzene rings is 1. The van der Waals surface area contributed by atoms with E-state index in [1.54, 1.807) is 0 Å². The predicted octanol–water partition coefficient (Wildman–Crippen LogP) is 3.90. The van der Waals surface area contributed by atoms with Gasteiger partial charge in [0.25, 0.3) is 0 Å². The lowest BCUT2D eigenvalue weighted by atomic mass is 9.37. The molecule has 0 atom stereocenters. The first-order valence-corrected chi connectivity index (χ1v) is 10.5. The van der Waals surface area contributed by atoms with Gasteiger partial charge in [-0.3, -0.25) is 9.53 Å². The lowest BCUT2D eigenvalue weighted by Crippen LogP contribution is -2.77. The minimum atomic E-state index is -4.63. The van der Waals surface area contributed by atoms with Crippen molar-refractivity contribution in [1.29, 1.82) is 0 Å². The molecule has 1 N–H and O–H groups in total. The summed E-state index contributed by atoms with van der Waals surface area (Å²) in [6.45, 7) is -0.146. The fraction of sp³-hybridized carbons (Fsp3) is 0.524. The quantitative estimate of drug-likeness (QED) is 0.687. The first-order chi connectivity index (χ1) is 14.6. The van der Waals surface area contributed by atoms with Gasteiger partial charge in [0.1, 0.15) is 6.61 Å². The molecule has 1 amide bonds. The van der Waals surface area contributed by atoms with Crippen molar-refractivity contribution in [2.24, 2.45) is 0 Å². The number of carbonyl (C=O) groups is 1. The summed E-state index contributed by atoms with van der Waals surface area (Å²) in [6, 6.07) is 7.45. The van der Waals surface area contributed by atoms with E-state index in [9.17, 15) is 18.0 Å². The predicted molar refractivity (Wildman–Crippen MR) is 105 cm³/mol. The van der Waals surface area contributed by atoms with Crippen molar-refractivity contribution in [3.05, 3.63) is 47.2 Å². The first-order valence-electron chi connectivity index (χ1n) is 10.1. The molecule has 4 fully saturated rings. The molecule has 31 heavy (non-hydrogen) atoms. The lowest BCUT2D eigenvalue weighted by Gasteiger charge is -2.70.